The van der Waals surface area contributed by atoms with Crippen molar-refractivity contribution in [1.29, 1.82) is 0 Å². The summed E-state index contributed by atoms with van der Waals surface area (Å²) in [5.41, 5.74) is -0.0937. The van der Waals surface area contributed by atoms with Crippen LogP contribution in [0.2, 0.25) is 0 Å². The summed E-state index contributed by atoms with van der Waals surface area (Å²) >= 11 is 0. The first-order valence-corrected chi connectivity index (χ1v) is 5.67. The number of piperidine rings is 1. The summed E-state index contributed by atoms with van der Waals surface area (Å²) in [5.74, 6) is -0.648. The van der Waals surface area contributed by atoms with Crippen molar-refractivity contribution in [3.63, 3.8) is 0 Å². The van der Waals surface area contributed by atoms with E-state index >= 15 is 0 Å². The van der Waals surface area contributed by atoms with E-state index in [2.05, 4.69) is 5.16 Å². The summed E-state index contributed by atoms with van der Waals surface area (Å²) < 4.78 is 0. The number of Topliss-reactive ketones (excluding diaryl/α,β-unsaturated/α-hetero) is 1. The molecule has 0 spiro atoms. The van der Waals surface area contributed by atoms with Crippen molar-refractivity contribution in [2.45, 2.75) is 33.1 Å². The van der Waals surface area contributed by atoms with E-state index in [-0.39, 0.29) is 17.4 Å². The Hall–Kier alpha value is -1.39. The molecule has 0 aromatic heterocycles. The molecule has 1 aliphatic rings. The van der Waals surface area contributed by atoms with Crippen LogP contribution >= 0.6 is 0 Å². The van der Waals surface area contributed by atoms with E-state index in [4.69, 9.17) is 4.84 Å². The highest BCUT2D eigenvalue weighted by Gasteiger charge is 2.25. The van der Waals surface area contributed by atoms with Crippen molar-refractivity contribution in [2.24, 2.45) is 5.16 Å². The minimum Gasteiger partial charge on any atom is -0.395 e. The topological polar surface area (TPSA) is 59.0 Å². The fraction of sp³-hybridized carbons (Fsp3) is 0.727. The van der Waals surface area contributed by atoms with Crippen molar-refractivity contribution < 1.29 is 14.4 Å². The highest BCUT2D eigenvalue weighted by Crippen LogP contribution is 2.09. The third kappa shape index (κ3) is 3.32. The molecule has 0 atom stereocenters. The van der Waals surface area contributed by atoms with Crippen LogP contribution in [0.25, 0.3) is 0 Å². The Morgan fingerprint density at radius 1 is 1.25 bits per heavy atom. The molecule has 5 heteroatoms. The van der Waals surface area contributed by atoms with E-state index in [1.165, 1.54) is 6.92 Å². The second kappa shape index (κ2) is 6.25. The Morgan fingerprint density at radius 3 is 2.38 bits per heavy atom. The Bertz CT molecular complexity index is 294. The Morgan fingerprint density at radius 2 is 1.88 bits per heavy atom. The number of likely N-dealkylation sites (tertiary alicyclic amines) is 1. The number of ketones is 1. The van der Waals surface area contributed by atoms with E-state index < -0.39 is 0 Å². The second-order valence-electron chi connectivity index (χ2n) is 3.77. The molecule has 0 radical (unpaired) electrons. The molecule has 1 fully saturated rings. The van der Waals surface area contributed by atoms with Gasteiger partial charge < -0.3 is 9.74 Å². The summed E-state index contributed by atoms with van der Waals surface area (Å²) in [6.45, 7) is 4.85. The highest BCUT2D eigenvalue weighted by atomic mass is 16.6. The van der Waals surface area contributed by atoms with Crippen LogP contribution in [-0.4, -0.2) is 42.0 Å². The molecular formula is C11H18N2O3. The van der Waals surface area contributed by atoms with Crippen LogP contribution < -0.4 is 0 Å². The average molecular weight is 226 g/mol. The quantitative estimate of drug-likeness (QED) is 0.408. The van der Waals surface area contributed by atoms with Crippen LogP contribution in [0.15, 0.2) is 5.16 Å². The average Bonchev–Trinajstić information content (AvgIpc) is 2.30. The molecule has 1 saturated heterocycles. The molecule has 0 aromatic rings. The van der Waals surface area contributed by atoms with E-state index in [1.54, 1.807) is 11.8 Å². The fourth-order valence-corrected chi connectivity index (χ4v) is 1.63. The minimum absolute atomic E-state index is 0.0937. The van der Waals surface area contributed by atoms with Gasteiger partial charge in [-0.1, -0.05) is 5.16 Å². The lowest BCUT2D eigenvalue weighted by atomic mass is 10.1. The summed E-state index contributed by atoms with van der Waals surface area (Å²) in [7, 11) is 0. The van der Waals surface area contributed by atoms with Gasteiger partial charge >= 0.3 is 0 Å². The number of carbonyl (C=O) groups is 2. The molecule has 90 valence electrons. The van der Waals surface area contributed by atoms with Crippen LogP contribution in [0.5, 0.6) is 0 Å². The fourth-order valence-electron chi connectivity index (χ4n) is 1.63. The first-order chi connectivity index (χ1) is 7.66. The molecule has 0 aliphatic carbocycles. The van der Waals surface area contributed by atoms with E-state index in [0.717, 1.165) is 19.3 Å². The van der Waals surface area contributed by atoms with Crippen molar-refractivity contribution >= 4 is 17.4 Å². The predicted molar refractivity (Wildman–Crippen MR) is 60.2 cm³/mol. The smallest absolute Gasteiger partial charge is 0.279 e. The van der Waals surface area contributed by atoms with Crippen molar-refractivity contribution in [3.05, 3.63) is 0 Å². The van der Waals surface area contributed by atoms with Gasteiger partial charge in [0.05, 0.1) is 0 Å². The van der Waals surface area contributed by atoms with Gasteiger partial charge in [0.1, 0.15) is 6.61 Å². The zero-order valence-corrected chi connectivity index (χ0v) is 9.86. The number of oxime groups is 1. The Kier molecular flexibility index (Phi) is 4.95. The first-order valence-electron chi connectivity index (χ1n) is 5.67. The van der Waals surface area contributed by atoms with Crippen LogP contribution in [-0.2, 0) is 14.4 Å². The Balaban J connectivity index is 2.69. The molecule has 1 rings (SSSR count). The summed E-state index contributed by atoms with van der Waals surface area (Å²) in [6, 6.07) is 0. The molecule has 0 bridgehead atoms. The number of nitrogens with zero attached hydrogens (tertiary/aromatic N) is 2. The van der Waals surface area contributed by atoms with Gasteiger partial charge in [-0.15, -0.1) is 0 Å². The molecule has 0 unspecified atom stereocenters. The van der Waals surface area contributed by atoms with Crippen molar-refractivity contribution in [1.82, 2.24) is 4.90 Å². The maximum absolute atomic E-state index is 11.9. The number of rotatable bonds is 4. The molecule has 1 heterocycles. The highest BCUT2D eigenvalue weighted by molar-refractivity contribution is 6.65. The second-order valence-corrected chi connectivity index (χ2v) is 3.77. The van der Waals surface area contributed by atoms with Gasteiger partial charge in [-0.3, -0.25) is 9.59 Å². The maximum Gasteiger partial charge on any atom is 0.279 e. The van der Waals surface area contributed by atoms with Crippen molar-refractivity contribution in [2.75, 3.05) is 19.7 Å². The predicted octanol–water partition coefficient (Wildman–Crippen LogP) is 0.980. The maximum atomic E-state index is 11.9. The molecule has 0 aromatic carbocycles. The van der Waals surface area contributed by atoms with Crippen LogP contribution in [0.4, 0.5) is 0 Å². The zero-order chi connectivity index (χ0) is 12.0. The first kappa shape index (κ1) is 12.7. The van der Waals surface area contributed by atoms with Crippen molar-refractivity contribution in [3.8, 4) is 0 Å². The van der Waals surface area contributed by atoms with Gasteiger partial charge in [0.15, 0.2) is 5.78 Å². The minimum atomic E-state index is -0.343. The van der Waals surface area contributed by atoms with Crippen LogP contribution in [0.3, 0.4) is 0 Å². The van der Waals surface area contributed by atoms with E-state index in [1.807, 2.05) is 0 Å². The molecular weight excluding hydrogens is 208 g/mol. The number of amides is 1. The summed E-state index contributed by atoms with van der Waals surface area (Å²) in [6.07, 6.45) is 3.12. The molecule has 0 saturated carbocycles. The third-order valence-corrected chi connectivity index (χ3v) is 2.46. The van der Waals surface area contributed by atoms with Gasteiger partial charge in [-0.25, -0.2) is 0 Å². The van der Waals surface area contributed by atoms with E-state index in [0.29, 0.717) is 19.7 Å². The summed E-state index contributed by atoms with van der Waals surface area (Å²) in [4.78, 5) is 29.7. The Labute approximate surface area is 95.4 Å². The molecule has 1 aliphatic heterocycles. The zero-order valence-electron chi connectivity index (χ0n) is 9.86. The largest absolute Gasteiger partial charge is 0.395 e. The number of carbonyl (C=O) groups excluding carboxylic acids is 2. The monoisotopic (exact) mass is 226 g/mol. The molecule has 5 nitrogen and oxygen atoms in total. The van der Waals surface area contributed by atoms with Crippen LogP contribution in [0, 0.1) is 0 Å². The molecule has 0 N–H and O–H groups in total. The molecule has 1 amide bonds. The summed E-state index contributed by atoms with van der Waals surface area (Å²) in [5, 5.41) is 3.59. The van der Waals surface area contributed by atoms with Gasteiger partial charge in [0.25, 0.3) is 5.91 Å². The lowest BCUT2D eigenvalue weighted by Gasteiger charge is -2.26. The lowest BCUT2D eigenvalue weighted by molar-refractivity contribution is -0.126. The third-order valence-electron chi connectivity index (χ3n) is 2.46. The standard InChI is InChI=1S/C11H18N2O3/c1-3-16-12-10(9(2)14)11(15)13-7-5-4-6-8-13/h3-8H2,1-2H3. The lowest BCUT2D eigenvalue weighted by Crippen LogP contribution is -2.42. The molecule has 16 heavy (non-hydrogen) atoms. The normalized spacial score (nSPS) is 17.1. The van der Waals surface area contributed by atoms with E-state index in [9.17, 15) is 9.59 Å². The SMILES string of the molecule is CCON=C(C(C)=O)C(=O)N1CCCCC1. The number of hydrogen-bond donors (Lipinski definition) is 0. The number of hydrogen-bond acceptors (Lipinski definition) is 4. The van der Waals surface area contributed by atoms with Gasteiger partial charge in [0.2, 0.25) is 5.71 Å². The van der Waals surface area contributed by atoms with Gasteiger partial charge in [-0.05, 0) is 26.2 Å². The van der Waals surface area contributed by atoms with Gasteiger partial charge in [0, 0.05) is 20.0 Å². The van der Waals surface area contributed by atoms with Crippen LogP contribution in [0.1, 0.15) is 33.1 Å². The van der Waals surface area contributed by atoms with Gasteiger partial charge in [-0.2, -0.15) is 0 Å².